The lowest BCUT2D eigenvalue weighted by Gasteiger charge is -2.29. The highest BCUT2D eigenvalue weighted by Crippen LogP contribution is 2.45. The molecule has 1 aromatic carbocycles. The molecule has 0 unspecified atom stereocenters. The second-order valence-electron chi connectivity index (χ2n) is 11.5. The van der Waals surface area contributed by atoms with Crippen molar-refractivity contribution in [1.29, 1.82) is 0 Å². The van der Waals surface area contributed by atoms with Crippen molar-refractivity contribution in [3.05, 3.63) is 40.3 Å². The SMILES string of the molecule is CCCCOC(=O)c1c(-c2ccc(OCCCCNC(=O)OC(C)(C)C)cc2)sc2c1CC(C)(C)CC2. The highest BCUT2D eigenvalue weighted by Gasteiger charge is 2.33. The van der Waals surface area contributed by atoms with Crippen molar-refractivity contribution in [3.63, 3.8) is 0 Å². The molecule has 0 saturated carbocycles. The van der Waals surface area contributed by atoms with Crippen LogP contribution < -0.4 is 10.1 Å². The molecule has 0 aliphatic heterocycles. The molecule has 3 rings (SSSR count). The molecule has 1 heterocycles. The second-order valence-corrected chi connectivity index (χ2v) is 12.7. The number of carbonyl (C=O) groups is 2. The number of alkyl carbamates (subject to hydrolysis) is 1. The summed E-state index contributed by atoms with van der Waals surface area (Å²) < 4.78 is 16.8. The molecule has 2 aromatic rings. The fraction of sp³-hybridized carbons (Fsp3) is 0.600. The van der Waals surface area contributed by atoms with Crippen molar-refractivity contribution in [2.75, 3.05) is 19.8 Å². The maximum atomic E-state index is 13.2. The van der Waals surface area contributed by atoms with Crippen LogP contribution in [0.25, 0.3) is 10.4 Å². The average molecular weight is 530 g/mol. The van der Waals surface area contributed by atoms with E-state index in [-0.39, 0.29) is 11.4 Å². The second kappa shape index (κ2) is 12.8. The van der Waals surface area contributed by atoms with Gasteiger partial charge in [-0.2, -0.15) is 0 Å². The van der Waals surface area contributed by atoms with Crippen LogP contribution in [0.15, 0.2) is 24.3 Å². The summed E-state index contributed by atoms with van der Waals surface area (Å²) in [7, 11) is 0. The van der Waals surface area contributed by atoms with Gasteiger partial charge in [0.15, 0.2) is 0 Å². The minimum atomic E-state index is -0.492. The van der Waals surface area contributed by atoms with Gasteiger partial charge in [0.1, 0.15) is 11.4 Å². The number of benzene rings is 1. The van der Waals surface area contributed by atoms with E-state index >= 15 is 0 Å². The molecule has 1 N–H and O–H groups in total. The summed E-state index contributed by atoms with van der Waals surface area (Å²) in [5, 5.41) is 2.77. The summed E-state index contributed by atoms with van der Waals surface area (Å²) in [5.41, 5.74) is 2.65. The molecule has 0 spiro atoms. The molecule has 1 aliphatic carbocycles. The molecule has 0 bridgehead atoms. The van der Waals surface area contributed by atoms with E-state index in [9.17, 15) is 9.59 Å². The molecule has 0 radical (unpaired) electrons. The van der Waals surface area contributed by atoms with Gasteiger partial charge in [-0.15, -0.1) is 11.3 Å². The molecule has 204 valence electrons. The van der Waals surface area contributed by atoms with E-state index in [1.54, 1.807) is 11.3 Å². The summed E-state index contributed by atoms with van der Waals surface area (Å²) in [5.74, 6) is 0.595. The molecular formula is C30H43NO5S. The maximum Gasteiger partial charge on any atom is 0.407 e. The van der Waals surface area contributed by atoms with Crippen molar-refractivity contribution in [2.45, 2.75) is 92.1 Å². The minimum Gasteiger partial charge on any atom is -0.494 e. The highest BCUT2D eigenvalue weighted by molar-refractivity contribution is 7.16. The Kier molecular flexibility index (Phi) is 10.0. The first-order valence-corrected chi connectivity index (χ1v) is 14.3. The summed E-state index contributed by atoms with van der Waals surface area (Å²) in [6.07, 6.45) is 6.14. The van der Waals surface area contributed by atoms with Gasteiger partial charge in [0, 0.05) is 16.3 Å². The van der Waals surface area contributed by atoms with E-state index in [0.717, 1.165) is 66.7 Å². The molecule has 6 nitrogen and oxygen atoms in total. The van der Waals surface area contributed by atoms with Gasteiger partial charge < -0.3 is 19.5 Å². The first kappa shape index (κ1) is 29.0. The first-order valence-electron chi connectivity index (χ1n) is 13.5. The van der Waals surface area contributed by atoms with E-state index in [1.807, 2.05) is 45.0 Å². The number of carbonyl (C=O) groups excluding carboxylic acids is 2. The Morgan fingerprint density at radius 3 is 2.46 bits per heavy atom. The van der Waals surface area contributed by atoms with Gasteiger partial charge in [-0.05, 0) is 100 Å². The van der Waals surface area contributed by atoms with Gasteiger partial charge >= 0.3 is 12.1 Å². The molecule has 1 aromatic heterocycles. The third kappa shape index (κ3) is 8.77. The maximum absolute atomic E-state index is 13.2. The quantitative estimate of drug-likeness (QED) is 0.240. The fourth-order valence-electron chi connectivity index (χ4n) is 4.34. The summed E-state index contributed by atoms with van der Waals surface area (Å²) in [6.45, 7) is 13.8. The Morgan fingerprint density at radius 1 is 1.05 bits per heavy atom. The standard InChI is InChI=1S/C30H43NO5S/c1-7-8-18-35-27(32)25-23-20-30(5,6)16-15-24(23)37-26(25)21-11-13-22(14-12-21)34-19-10-9-17-31-28(33)36-29(2,3)4/h11-14H,7-10,15-20H2,1-6H3,(H,31,33). The number of hydrogen-bond donors (Lipinski definition) is 1. The van der Waals surface area contributed by atoms with Crippen LogP contribution in [0.5, 0.6) is 5.75 Å². The third-order valence-corrected chi connectivity index (χ3v) is 7.68. The fourth-order valence-corrected chi connectivity index (χ4v) is 5.66. The molecule has 1 amide bonds. The van der Waals surface area contributed by atoms with Crippen LogP contribution in [-0.2, 0) is 22.3 Å². The van der Waals surface area contributed by atoms with Crippen LogP contribution in [0.1, 0.15) is 94.4 Å². The normalized spacial score (nSPS) is 14.5. The zero-order valence-electron chi connectivity index (χ0n) is 23.3. The van der Waals surface area contributed by atoms with E-state index in [1.165, 1.54) is 10.4 Å². The van der Waals surface area contributed by atoms with Crippen LogP contribution in [0.3, 0.4) is 0 Å². The zero-order valence-corrected chi connectivity index (χ0v) is 24.1. The van der Waals surface area contributed by atoms with Crippen LogP contribution in [0.4, 0.5) is 4.79 Å². The lowest BCUT2D eigenvalue weighted by Crippen LogP contribution is -2.33. The topological polar surface area (TPSA) is 73.9 Å². The number of hydrogen-bond acceptors (Lipinski definition) is 6. The first-order chi connectivity index (χ1) is 17.5. The minimum absolute atomic E-state index is 0.184. The van der Waals surface area contributed by atoms with Crippen molar-refractivity contribution >= 4 is 23.4 Å². The lowest BCUT2D eigenvalue weighted by molar-refractivity contribution is 0.0495. The molecule has 0 fully saturated rings. The number of ether oxygens (including phenoxy) is 3. The van der Waals surface area contributed by atoms with Crippen LogP contribution in [-0.4, -0.2) is 37.4 Å². The van der Waals surface area contributed by atoms with E-state index in [0.29, 0.717) is 19.8 Å². The van der Waals surface area contributed by atoms with Crippen LogP contribution in [0.2, 0.25) is 0 Å². The lowest BCUT2D eigenvalue weighted by atomic mass is 9.76. The summed E-state index contributed by atoms with van der Waals surface area (Å²) in [4.78, 5) is 27.2. The molecule has 37 heavy (non-hydrogen) atoms. The van der Waals surface area contributed by atoms with Gasteiger partial charge in [-0.3, -0.25) is 0 Å². The number of thiophene rings is 1. The van der Waals surface area contributed by atoms with E-state index in [4.69, 9.17) is 14.2 Å². The van der Waals surface area contributed by atoms with Crippen molar-refractivity contribution in [3.8, 4) is 16.2 Å². The third-order valence-electron chi connectivity index (χ3n) is 6.33. The van der Waals surface area contributed by atoms with Gasteiger partial charge in [0.25, 0.3) is 0 Å². The Bertz CT molecular complexity index is 1050. The van der Waals surface area contributed by atoms with Crippen molar-refractivity contribution < 1.29 is 23.8 Å². The van der Waals surface area contributed by atoms with Gasteiger partial charge in [-0.1, -0.05) is 27.2 Å². The van der Waals surface area contributed by atoms with Gasteiger partial charge in [0.05, 0.1) is 18.8 Å². The number of amides is 1. The van der Waals surface area contributed by atoms with Crippen LogP contribution in [0, 0.1) is 5.41 Å². The van der Waals surface area contributed by atoms with Gasteiger partial charge in [-0.25, -0.2) is 9.59 Å². The summed E-state index contributed by atoms with van der Waals surface area (Å²) in [6, 6.07) is 7.99. The number of nitrogens with one attached hydrogen (secondary N) is 1. The number of fused-ring (bicyclic) bond motifs is 1. The summed E-state index contributed by atoms with van der Waals surface area (Å²) >= 11 is 1.74. The zero-order chi connectivity index (χ0) is 27.1. The Labute approximate surface area is 226 Å². The van der Waals surface area contributed by atoms with E-state index in [2.05, 4.69) is 26.1 Å². The molecule has 1 aliphatic rings. The Morgan fingerprint density at radius 2 is 1.78 bits per heavy atom. The molecule has 0 atom stereocenters. The Hall–Kier alpha value is -2.54. The smallest absolute Gasteiger partial charge is 0.407 e. The Balaban J connectivity index is 1.60. The van der Waals surface area contributed by atoms with E-state index < -0.39 is 11.7 Å². The predicted octanol–water partition coefficient (Wildman–Crippen LogP) is 7.57. The molecule has 0 saturated heterocycles. The predicted molar refractivity (Wildman–Crippen MR) is 150 cm³/mol. The molecule has 7 heteroatoms. The van der Waals surface area contributed by atoms with Gasteiger partial charge in [0.2, 0.25) is 0 Å². The highest BCUT2D eigenvalue weighted by atomic mass is 32.1. The van der Waals surface area contributed by atoms with Crippen molar-refractivity contribution in [2.24, 2.45) is 5.41 Å². The molecular weight excluding hydrogens is 486 g/mol. The number of rotatable bonds is 11. The number of unbranched alkanes of at least 4 members (excludes halogenated alkanes) is 2. The average Bonchev–Trinajstić information content (AvgIpc) is 3.18. The van der Waals surface area contributed by atoms with Crippen LogP contribution >= 0.6 is 11.3 Å². The number of esters is 1. The largest absolute Gasteiger partial charge is 0.494 e. The van der Waals surface area contributed by atoms with Crippen molar-refractivity contribution in [1.82, 2.24) is 5.32 Å². The number of aryl methyl sites for hydroxylation is 1. The monoisotopic (exact) mass is 529 g/mol.